The number of hydrogen-bond acceptors (Lipinski definition) is 4. The Morgan fingerprint density at radius 3 is 2.57 bits per heavy atom. The predicted molar refractivity (Wildman–Crippen MR) is 80.3 cm³/mol. The quantitative estimate of drug-likeness (QED) is 0.677. The van der Waals surface area contributed by atoms with Crippen LogP contribution in [0.4, 0.5) is 0 Å². The van der Waals surface area contributed by atoms with Crippen molar-refractivity contribution in [2.45, 2.75) is 32.7 Å². The van der Waals surface area contributed by atoms with E-state index in [9.17, 15) is 14.4 Å². The van der Waals surface area contributed by atoms with E-state index in [1.54, 1.807) is 17.5 Å². The van der Waals surface area contributed by atoms with Gasteiger partial charge in [0.2, 0.25) is 5.91 Å². The minimum atomic E-state index is -0.944. The normalized spacial score (nSPS) is 12.0. The molecule has 1 atom stereocenters. The van der Waals surface area contributed by atoms with Gasteiger partial charge in [0.1, 0.15) is 0 Å². The van der Waals surface area contributed by atoms with E-state index in [0.717, 1.165) is 0 Å². The Morgan fingerprint density at radius 1 is 1.33 bits per heavy atom. The fourth-order valence-corrected chi connectivity index (χ4v) is 2.34. The Bertz CT molecular complexity index is 485. The van der Waals surface area contributed by atoms with Gasteiger partial charge < -0.3 is 15.7 Å². The lowest BCUT2D eigenvalue weighted by atomic mass is 10.0. The van der Waals surface area contributed by atoms with Crippen molar-refractivity contribution in [2.75, 3.05) is 6.54 Å². The summed E-state index contributed by atoms with van der Waals surface area (Å²) in [6.07, 6.45) is 0.0188. The third kappa shape index (κ3) is 6.40. The predicted octanol–water partition coefficient (Wildman–Crippen LogP) is 1.48. The van der Waals surface area contributed by atoms with Crippen molar-refractivity contribution >= 4 is 29.1 Å². The zero-order valence-electron chi connectivity index (χ0n) is 12.1. The lowest BCUT2D eigenvalue weighted by Gasteiger charge is -2.20. The van der Waals surface area contributed by atoms with Crippen LogP contribution < -0.4 is 10.6 Å². The molecule has 0 aliphatic rings. The molecule has 0 aliphatic heterocycles. The van der Waals surface area contributed by atoms with Crippen molar-refractivity contribution in [2.24, 2.45) is 5.92 Å². The van der Waals surface area contributed by atoms with E-state index < -0.39 is 12.0 Å². The van der Waals surface area contributed by atoms with Crippen molar-refractivity contribution < 1.29 is 19.5 Å². The van der Waals surface area contributed by atoms with Crippen LogP contribution in [0.15, 0.2) is 17.5 Å². The van der Waals surface area contributed by atoms with Gasteiger partial charge in [-0.1, -0.05) is 19.9 Å². The van der Waals surface area contributed by atoms with Crippen LogP contribution in [0.3, 0.4) is 0 Å². The van der Waals surface area contributed by atoms with Gasteiger partial charge in [-0.3, -0.25) is 14.4 Å². The van der Waals surface area contributed by atoms with E-state index in [0.29, 0.717) is 4.88 Å². The fraction of sp³-hybridized carbons (Fsp3) is 0.500. The van der Waals surface area contributed by atoms with E-state index >= 15 is 0 Å². The first-order chi connectivity index (χ1) is 9.90. The van der Waals surface area contributed by atoms with Gasteiger partial charge in [0.05, 0.1) is 11.3 Å². The van der Waals surface area contributed by atoms with E-state index in [4.69, 9.17) is 5.11 Å². The van der Waals surface area contributed by atoms with Gasteiger partial charge in [0.25, 0.3) is 5.91 Å². The first kappa shape index (κ1) is 17.2. The average molecular weight is 312 g/mol. The first-order valence-corrected chi connectivity index (χ1v) is 7.61. The number of carbonyl (C=O) groups is 3. The van der Waals surface area contributed by atoms with Gasteiger partial charge >= 0.3 is 5.97 Å². The highest BCUT2D eigenvalue weighted by molar-refractivity contribution is 7.12. The number of carboxylic acid groups (broad SMARTS) is 1. The van der Waals surface area contributed by atoms with Gasteiger partial charge in [0, 0.05) is 19.0 Å². The molecule has 0 bridgehead atoms. The van der Waals surface area contributed by atoms with Crippen LogP contribution in [0, 0.1) is 5.92 Å². The molecule has 3 N–H and O–H groups in total. The standard InChI is InChI=1S/C14H20N2O4S/c1-9(2)10(8-13(18)19)16-12(17)5-6-15-14(20)11-4-3-7-21-11/h3-4,7,9-10H,5-6,8H2,1-2H3,(H,15,20)(H,16,17)(H,18,19). The number of rotatable bonds is 8. The molecule has 0 radical (unpaired) electrons. The molecule has 7 heteroatoms. The molecule has 0 aromatic carbocycles. The summed E-state index contributed by atoms with van der Waals surface area (Å²) >= 11 is 1.33. The topological polar surface area (TPSA) is 95.5 Å². The SMILES string of the molecule is CC(C)C(CC(=O)O)NC(=O)CCNC(=O)c1cccs1. The van der Waals surface area contributed by atoms with Gasteiger partial charge in [0.15, 0.2) is 0 Å². The minimum absolute atomic E-state index is 0.0331. The van der Waals surface area contributed by atoms with Gasteiger partial charge in [-0.2, -0.15) is 0 Å². The summed E-state index contributed by atoms with van der Waals surface area (Å²) in [4.78, 5) is 34.7. The molecule has 1 aromatic heterocycles. The fourth-order valence-electron chi connectivity index (χ4n) is 1.70. The molecule has 0 saturated heterocycles. The highest BCUT2D eigenvalue weighted by atomic mass is 32.1. The van der Waals surface area contributed by atoms with Crippen LogP contribution in [-0.4, -0.2) is 35.5 Å². The van der Waals surface area contributed by atoms with E-state index in [-0.39, 0.29) is 37.1 Å². The van der Waals surface area contributed by atoms with Crippen LogP contribution in [0.1, 0.15) is 36.4 Å². The highest BCUT2D eigenvalue weighted by Gasteiger charge is 2.19. The summed E-state index contributed by atoms with van der Waals surface area (Å²) < 4.78 is 0. The molecule has 0 fully saturated rings. The molecule has 1 heterocycles. The van der Waals surface area contributed by atoms with Crippen molar-refractivity contribution in [1.29, 1.82) is 0 Å². The van der Waals surface area contributed by atoms with E-state index in [2.05, 4.69) is 10.6 Å². The van der Waals surface area contributed by atoms with Crippen molar-refractivity contribution in [3.8, 4) is 0 Å². The lowest BCUT2D eigenvalue weighted by molar-refractivity contribution is -0.138. The van der Waals surface area contributed by atoms with Crippen molar-refractivity contribution in [1.82, 2.24) is 10.6 Å². The Kier molecular flexibility index (Phi) is 6.87. The summed E-state index contributed by atoms with van der Waals surface area (Å²) in [5, 5.41) is 15.9. The number of carbonyl (C=O) groups excluding carboxylic acids is 2. The third-order valence-corrected chi connectivity index (χ3v) is 3.80. The Balaban J connectivity index is 2.32. The number of carboxylic acids is 1. The van der Waals surface area contributed by atoms with Crippen LogP contribution >= 0.6 is 11.3 Å². The van der Waals surface area contributed by atoms with Crippen LogP contribution in [0.25, 0.3) is 0 Å². The van der Waals surface area contributed by atoms with E-state index in [1.165, 1.54) is 11.3 Å². The van der Waals surface area contributed by atoms with Gasteiger partial charge in [-0.05, 0) is 17.4 Å². The van der Waals surface area contributed by atoms with E-state index in [1.807, 2.05) is 13.8 Å². The number of amides is 2. The molecule has 2 amide bonds. The average Bonchev–Trinajstić information content (AvgIpc) is 2.91. The molecule has 21 heavy (non-hydrogen) atoms. The zero-order valence-corrected chi connectivity index (χ0v) is 12.9. The largest absolute Gasteiger partial charge is 0.481 e. The number of thiophene rings is 1. The summed E-state index contributed by atoms with van der Waals surface area (Å²) in [7, 11) is 0. The molecule has 0 aliphatic carbocycles. The molecule has 1 aromatic rings. The molecule has 116 valence electrons. The Morgan fingerprint density at radius 2 is 2.05 bits per heavy atom. The Hall–Kier alpha value is -1.89. The maximum absolute atomic E-state index is 11.8. The Labute approximate surface area is 127 Å². The highest BCUT2D eigenvalue weighted by Crippen LogP contribution is 2.08. The molecular formula is C14H20N2O4S. The lowest BCUT2D eigenvalue weighted by Crippen LogP contribution is -2.41. The molecule has 0 spiro atoms. The summed E-state index contributed by atoms with van der Waals surface area (Å²) in [6, 6.07) is 3.09. The van der Waals surface area contributed by atoms with Crippen LogP contribution in [-0.2, 0) is 9.59 Å². The summed E-state index contributed by atoms with van der Waals surface area (Å²) in [6.45, 7) is 3.93. The second kappa shape index (κ2) is 8.41. The second-order valence-electron chi connectivity index (χ2n) is 5.00. The maximum Gasteiger partial charge on any atom is 0.305 e. The monoisotopic (exact) mass is 312 g/mol. The summed E-state index contributed by atoms with van der Waals surface area (Å²) in [5.74, 6) is -1.38. The van der Waals surface area contributed by atoms with Crippen molar-refractivity contribution in [3.63, 3.8) is 0 Å². The molecule has 0 saturated carbocycles. The molecule has 1 unspecified atom stereocenters. The molecule has 6 nitrogen and oxygen atoms in total. The zero-order chi connectivity index (χ0) is 15.8. The second-order valence-corrected chi connectivity index (χ2v) is 5.95. The molecule has 1 rings (SSSR count). The maximum atomic E-state index is 11.8. The number of hydrogen-bond donors (Lipinski definition) is 3. The molecular weight excluding hydrogens is 292 g/mol. The van der Waals surface area contributed by atoms with Crippen LogP contribution in [0.2, 0.25) is 0 Å². The smallest absolute Gasteiger partial charge is 0.305 e. The first-order valence-electron chi connectivity index (χ1n) is 6.73. The third-order valence-electron chi connectivity index (χ3n) is 2.93. The minimum Gasteiger partial charge on any atom is -0.481 e. The number of aliphatic carboxylic acids is 1. The summed E-state index contributed by atoms with van der Waals surface area (Å²) in [5.41, 5.74) is 0. The van der Waals surface area contributed by atoms with Crippen LogP contribution in [0.5, 0.6) is 0 Å². The van der Waals surface area contributed by atoms with Gasteiger partial charge in [-0.15, -0.1) is 11.3 Å². The van der Waals surface area contributed by atoms with Gasteiger partial charge in [-0.25, -0.2) is 0 Å². The number of nitrogens with one attached hydrogen (secondary N) is 2. The van der Waals surface area contributed by atoms with Crippen molar-refractivity contribution in [3.05, 3.63) is 22.4 Å².